The predicted octanol–water partition coefficient (Wildman–Crippen LogP) is 1.93. The Kier molecular flexibility index (Phi) is 3.51. The molecule has 98 valence electrons. The van der Waals surface area contributed by atoms with Gasteiger partial charge in [0.15, 0.2) is 11.6 Å². The topological polar surface area (TPSA) is 101 Å². The standard InChI is InChI=1S/C13H13N3O3/c1-8-4-2-5-9(11(8)12(14)16-18)15-13(17)10-6-3-7-19-10/h2-7,18H,1H3,(H2,14,16)(H,15,17). The van der Waals surface area contributed by atoms with Crippen LogP contribution in [0.2, 0.25) is 0 Å². The third-order valence-electron chi connectivity index (χ3n) is 2.63. The van der Waals surface area contributed by atoms with Crippen LogP contribution in [0.25, 0.3) is 0 Å². The first-order valence-electron chi connectivity index (χ1n) is 5.56. The number of hydrogen-bond acceptors (Lipinski definition) is 4. The first kappa shape index (κ1) is 12.7. The monoisotopic (exact) mass is 259 g/mol. The highest BCUT2D eigenvalue weighted by molar-refractivity contribution is 6.09. The molecule has 6 heteroatoms. The van der Waals surface area contributed by atoms with Crippen molar-refractivity contribution >= 4 is 17.4 Å². The summed E-state index contributed by atoms with van der Waals surface area (Å²) in [6.07, 6.45) is 1.41. The molecule has 0 spiro atoms. The summed E-state index contributed by atoms with van der Waals surface area (Å²) in [5.41, 5.74) is 7.33. The van der Waals surface area contributed by atoms with Gasteiger partial charge in [0, 0.05) is 5.56 Å². The average Bonchev–Trinajstić information content (AvgIpc) is 2.92. The number of oxime groups is 1. The van der Waals surface area contributed by atoms with Gasteiger partial charge < -0.3 is 20.7 Å². The number of amides is 1. The zero-order chi connectivity index (χ0) is 13.8. The number of hydrogen-bond donors (Lipinski definition) is 3. The SMILES string of the molecule is Cc1cccc(NC(=O)c2ccco2)c1/C(N)=N/O. The van der Waals surface area contributed by atoms with Gasteiger partial charge in [-0.05, 0) is 30.7 Å². The molecule has 0 aliphatic rings. The number of rotatable bonds is 3. The Morgan fingerprint density at radius 3 is 2.79 bits per heavy atom. The van der Waals surface area contributed by atoms with Crippen molar-refractivity contribution in [2.75, 3.05) is 5.32 Å². The van der Waals surface area contributed by atoms with E-state index in [4.69, 9.17) is 15.4 Å². The number of anilines is 1. The Labute approximate surface area is 109 Å². The van der Waals surface area contributed by atoms with Crippen molar-refractivity contribution in [2.45, 2.75) is 6.92 Å². The van der Waals surface area contributed by atoms with Crippen molar-refractivity contribution in [3.63, 3.8) is 0 Å². The Morgan fingerprint density at radius 2 is 2.16 bits per heavy atom. The number of carbonyl (C=O) groups excluding carboxylic acids is 1. The lowest BCUT2D eigenvalue weighted by Crippen LogP contribution is -2.20. The van der Waals surface area contributed by atoms with Gasteiger partial charge in [0.25, 0.3) is 5.91 Å². The minimum atomic E-state index is -0.400. The molecule has 0 saturated heterocycles. The number of furan rings is 1. The highest BCUT2D eigenvalue weighted by atomic mass is 16.4. The molecule has 1 aromatic carbocycles. The molecule has 19 heavy (non-hydrogen) atoms. The molecular formula is C13H13N3O3. The van der Waals surface area contributed by atoms with Crippen LogP contribution in [-0.2, 0) is 0 Å². The maximum absolute atomic E-state index is 11.9. The molecule has 0 unspecified atom stereocenters. The minimum Gasteiger partial charge on any atom is -0.459 e. The maximum Gasteiger partial charge on any atom is 0.291 e. The lowest BCUT2D eigenvalue weighted by Gasteiger charge is -2.11. The fraction of sp³-hybridized carbons (Fsp3) is 0.0769. The Bertz CT molecular complexity index is 618. The second kappa shape index (κ2) is 5.26. The van der Waals surface area contributed by atoms with E-state index in [9.17, 15) is 4.79 Å². The molecule has 0 bridgehead atoms. The van der Waals surface area contributed by atoms with Crippen LogP contribution in [0.15, 0.2) is 46.2 Å². The third kappa shape index (κ3) is 2.57. The fourth-order valence-electron chi connectivity index (χ4n) is 1.75. The summed E-state index contributed by atoms with van der Waals surface area (Å²) in [5, 5.41) is 14.4. The fourth-order valence-corrected chi connectivity index (χ4v) is 1.75. The number of aryl methyl sites for hydroxylation is 1. The van der Waals surface area contributed by atoms with Crippen LogP contribution in [0.4, 0.5) is 5.69 Å². The van der Waals surface area contributed by atoms with E-state index < -0.39 is 5.91 Å². The zero-order valence-electron chi connectivity index (χ0n) is 10.3. The molecule has 0 radical (unpaired) electrons. The van der Waals surface area contributed by atoms with E-state index in [0.717, 1.165) is 5.56 Å². The molecule has 6 nitrogen and oxygen atoms in total. The molecule has 4 N–H and O–H groups in total. The van der Waals surface area contributed by atoms with E-state index in [1.54, 1.807) is 37.3 Å². The van der Waals surface area contributed by atoms with Crippen molar-refractivity contribution in [1.82, 2.24) is 0 Å². The summed E-state index contributed by atoms with van der Waals surface area (Å²) < 4.78 is 5.00. The molecule has 0 aliphatic carbocycles. The maximum atomic E-state index is 11.9. The number of carbonyl (C=O) groups is 1. The highest BCUT2D eigenvalue weighted by Crippen LogP contribution is 2.20. The van der Waals surface area contributed by atoms with Gasteiger partial charge in [-0.2, -0.15) is 0 Å². The molecule has 1 aromatic heterocycles. The molecule has 0 saturated carbocycles. The van der Waals surface area contributed by atoms with Crippen molar-refractivity contribution in [1.29, 1.82) is 0 Å². The lowest BCUT2D eigenvalue weighted by atomic mass is 10.1. The number of nitrogens with one attached hydrogen (secondary N) is 1. The summed E-state index contributed by atoms with van der Waals surface area (Å²) in [4.78, 5) is 11.9. The Hall–Kier alpha value is -2.76. The van der Waals surface area contributed by atoms with Crippen LogP contribution in [0, 0.1) is 6.92 Å². The van der Waals surface area contributed by atoms with Gasteiger partial charge >= 0.3 is 0 Å². The van der Waals surface area contributed by atoms with Crippen molar-refractivity contribution < 1.29 is 14.4 Å². The summed E-state index contributed by atoms with van der Waals surface area (Å²) in [6, 6.07) is 8.41. The number of nitrogens with zero attached hydrogens (tertiary/aromatic N) is 1. The van der Waals surface area contributed by atoms with Gasteiger partial charge in [-0.25, -0.2) is 0 Å². The summed E-state index contributed by atoms with van der Waals surface area (Å²) in [7, 11) is 0. The average molecular weight is 259 g/mol. The van der Waals surface area contributed by atoms with Gasteiger partial charge in [-0.1, -0.05) is 17.3 Å². The van der Waals surface area contributed by atoms with E-state index in [1.165, 1.54) is 6.26 Å². The van der Waals surface area contributed by atoms with Gasteiger partial charge in [-0.15, -0.1) is 0 Å². The van der Waals surface area contributed by atoms with Crippen LogP contribution in [0.5, 0.6) is 0 Å². The smallest absolute Gasteiger partial charge is 0.291 e. The van der Waals surface area contributed by atoms with Gasteiger partial charge in [0.2, 0.25) is 0 Å². The predicted molar refractivity (Wildman–Crippen MR) is 70.4 cm³/mol. The van der Waals surface area contributed by atoms with Crippen LogP contribution >= 0.6 is 0 Å². The number of amidine groups is 1. The Balaban J connectivity index is 2.36. The van der Waals surface area contributed by atoms with E-state index in [1.807, 2.05) is 0 Å². The second-order valence-corrected chi connectivity index (χ2v) is 3.91. The molecule has 1 heterocycles. The summed E-state index contributed by atoms with van der Waals surface area (Å²) >= 11 is 0. The van der Waals surface area contributed by atoms with Crippen molar-refractivity contribution in [2.24, 2.45) is 10.9 Å². The quantitative estimate of drug-likeness (QED) is 0.339. The molecule has 0 atom stereocenters. The van der Waals surface area contributed by atoms with Gasteiger partial charge in [0.05, 0.1) is 12.0 Å². The van der Waals surface area contributed by atoms with Crippen LogP contribution < -0.4 is 11.1 Å². The minimum absolute atomic E-state index is 0.0622. The van der Waals surface area contributed by atoms with Gasteiger partial charge in [0.1, 0.15) is 0 Å². The van der Waals surface area contributed by atoms with Crippen molar-refractivity contribution in [3.05, 3.63) is 53.5 Å². The number of benzene rings is 1. The van der Waals surface area contributed by atoms with Crippen LogP contribution in [0.3, 0.4) is 0 Å². The molecule has 2 aromatic rings. The van der Waals surface area contributed by atoms with E-state index in [2.05, 4.69) is 10.5 Å². The lowest BCUT2D eigenvalue weighted by molar-refractivity contribution is 0.0996. The third-order valence-corrected chi connectivity index (χ3v) is 2.63. The Morgan fingerprint density at radius 1 is 1.37 bits per heavy atom. The molecule has 1 amide bonds. The number of nitrogens with two attached hydrogens (primary N) is 1. The molecule has 2 rings (SSSR count). The van der Waals surface area contributed by atoms with E-state index in [0.29, 0.717) is 11.3 Å². The van der Waals surface area contributed by atoms with Crippen LogP contribution in [-0.4, -0.2) is 17.0 Å². The first-order valence-corrected chi connectivity index (χ1v) is 5.56. The molecule has 0 aliphatic heterocycles. The van der Waals surface area contributed by atoms with Crippen LogP contribution in [0.1, 0.15) is 21.7 Å². The van der Waals surface area contributed by atoms with E-state index >= 15 is 0 Å². The van der Waals surface area contributed by atoms with Crippen molar-refractivity contribution in [3.8, 4) is 0 Å². The molecular weight excluding hydrogens is 246 g/mol. The molecule has 0 fully saturated rings. The van der Waals surface area contributed by atoms with Gasteiger partial charge in [-0.3, -0.25) is 4.79 Å². The first-order chi connectivity index (χ1) is 9.13. The second-order valence-electron chi connectivity index (χ2n) is 3.91. The normalized spacial score (nSPS) is 11.3. The van der Waals surface area contributed by atoms with E-state index in [-0.39, 0.29) is 11.6 Å². The summed E-state index contributed by atoms with van der Waals surface area (Å²) in [6.45, 7) is 1.80. The largest absolute Gasteiger partial charge is 0.459 e. The highest BCUT2D eigenvalue weighted by Gasteiger charge is 2.14. The zero-order valence-corrected chi connectivity index (χ0v) is 10.3. The summed E-state index contributed by atoms with van der Waals surface area (Å²) in [5.74, 6) is -0.276.